The van der Waals surface area contributed by atoms with E-state index in [-0.39, 0.29) is 28.2 Å². The van der Waals surface area contributed by atoms with Gasteiger partial charge in [0, 0.05) is 18.2 Å². The quantitative estimate of drug-likeness (QED) is 0.688. The molecule has 2 rings (SSSR count). The number of benzene rings is 1. The van der Waals surface area contributed by atoms with Crippen molar-refractivity contribution in [2.75, 3.05) is 27.2 Å². The molecule has 1 aromatic rings. The highest BCUT2D eigenvalue weighted by molar-refractivity contribution is 7.89. The maximum Gasteiger partial charge on any atom is 0.251 e. The molecule has 0 spiro atoms. The summed E-state index contributed by atoms with van der Waals surface area (Å²) in [6.45, 7) is 1.49. The maximum absolute atomic E-state index is 12.2. The molecule has 0 aromatic heterocycles. The molecule has 1 aliphatic rings. The zero-order chi connectivity index (χ0) is 16.2. The second kappa shape index (κ2) is 7.08. The molecule has 1 aromatic carbocycles. The Hall–Kier alpha value is -1.64. The van der Waals surface area contributed by atoms with Gasteiger partial charge in [0.1, 0.15) is 10.6 Å². The SMILES string of the molecule is CNS(=O)(=O)c1cc(C(=O)NCC2CCCN2)ccc1OC. The lowest BCUT2D eigenvalue weighted by molar-refractivity contribution is 0.0950. The monoisotopic (exact) mass is 327 g/mol. The summed E-state index contributed by atoms with van der Waals surface area (Å²) in [7, 11) is -0.998. The summed E-state index contributed by atoms with van der Waals surface area (Å²) >= 11 is 0. The Bertz CT molecular complexity index is 639. The first-order chi connectivity index (χ1) is 10.5. The molecule has 1 fully saturated rings. The molecule has 3 N–H and O–H groups in total. The Morgan fingerprint density at radius 2 is 2.23 bits per heavy atom. The van der Waals surface area contributed by atoms with Crippen molar-refractivity contribution >= 4 is 15.9 Å². The lowest BCUT2D eigenvalue weighted by atomic mass is 10.2. The van der Waals surface area contributed by atoms with Crippen LogP contribution in [0.5, 0.6) is 5.75 Å². The Morgan fingerprint density at radius 3 is 2.82 bits per heavy atom. The summed E-state index contributed by atoms with van der Waals surface area (Å²) in [4.78, 5) is 12.1. The highest BCUT2D eigenvalue weighted by Gasteiger charge is 2.21. The van der Waals surface area contributed by atoms with E-state index in [1.54, 1.807) is 6.07 Å². The predicted molar refractivity (Wildman–Crippen MR) is 82.6 cm³/mol. The van der Waals surface area contributed by atoms with Crippen molar-refractivity contribution in [2.45, 2.75) is 23.8 Å². The lowest BCUT2D eigenvalue weighted by Crippen LogP contribution is -2.37. The van der Waals surface area contributed by atoms with Crippen molar-refractivity contribution in [1.29, 1.82) is 0 Å². The van der Waals surface area contributed by atoms with Gasteiger partial charge in [-0.2, -0.15) is 0 Å². The van der Waals surface area contributed by atoms with Gasteiger partial charge in [-0.05, 0) is 44.6 Å². The molecule has 122 valence electrons. The van der Waals surface area contributed by atoms with Crippen LogP contribution in [0.1, 0.15) is 23.2 Å². The van der Waals surface area contributed by atoms with Crippen molar-refractivity contribution in [1.82, 2.24) is 15.4 Å². The van der Waals surface area contributed by atoms with Gasteiger partial charge in [0.2, 0.25) is 10.0 Å². The number of nitrogens with one attached hydrogen (secondary N) is 3. The number of amides is 1. The molecule has 0 aliphatic carbocycles. The summed E-state index contributed by atoms with van der Waals surface area (Å²) < 4.78 is 31.3. The van der Waals surface area contributed by atoms with Crippen LogP contribution in [-0.2, 0) is 10.0 Å². The van der Waals surface area contributed by atoms with E-state index in [9.17, 15) is 13.2 Å². The van der Waals surface area contributed by atoms with Crippen LogP contribution in [0.3, 0.4) is 0 Å². The minimum atomic E-state index is -3.69. The van der Waals surface area contributed by atoms with Crippen LogP contribution in [0.4, 0.5) is 0 Å². The fourth-order valence-corrected chi connectivity index (χ4v) is 3.31. The minimum absolute atomic E-state index is 0.0517. The first-order valence-corrected chi connectivity index (χ1v) is 8.59. The van der Waals surface area contributed by atoms with Gasteiger partial charge in [0.25, 0.3) is 5.91 Å². The van der Waals surface area contributed by atoms with Crippen LogP contribution in [0, 0.1) is 0 Å². The Kier molecular flexibility index (Phi) is 5.38. The number of carbonyl (C=O) groups is 1. The zero-order valence-corrected chi connectivity index (χ0v) is 13.5. The van der Waals surface area contributed by atoms with Crippen molar-refractivity contribution in [2.24, 2.45) is 0 Å². The molecule has 1 atom stereocenters. The largest absolute Gasteiger partial charge is 0.495 e. The number of ether oxygens (including phenoxy) is 1. The summed E-state index contributed by atoms with van der Waals surface area (Å²) in [5.41, 5.74) is 0.285. The second-order valence-corrected chi connectivity index (χ2v) is 6.93. The zero-order valence-electron chi connectivity index (χ0n) is 12.7. The van der Waals surface area contributed by atoms with Gasteiger partial charge in [0.15, 0.2) is 0 Å². The number of rotatable bonds is 6. The van der Waals surface area contributed by atoms with Gasteiger partial charge in [-0.3, -0.25) is 4.79 Å². The van der Waals surface area contributed by atoms with Gasteiger partial charge < -0.3 is 15.4 Å². The highest BCUT2D eigenvalue weighted by Crippen LogP contribution is 2.24. The first kappa shape index (κ1) is 16.7. The molecule has 0 bridgehead atoms. The van der Waals surface area contributed by atoms with E-state index in [0.717, 1.165) is 19.4 Å². The minimum Gasteiger partial charge on any atom is -0.495 e. The Labute approximate surface area is 130 Å². The van der Waals surface area contributed by atoms with E-state index >= 15 is 0 Å². The Balaban J connectivity index is 2.17. The molecule has 0 radical (unpaired) electrons. The van der Waals surface area contributed by atoms with E-state index in [2.05, 4.69) is 15.4 Å². The third-order valence-electron chi connectivity index (χ3n) is 3.66. The van der Waals surface area contributed by atoms with E-state index in [4.69, 9.17) is 4.74 Å². The van der Waals surface area contributed by atoms with Crippen LogP contribution in [0.15, 0.2) is 23.1 Å². The molecule has 1 aliphatic heterocycles. The Morgan fingerprint density at radius 1 is 1.45 bits per heavy atom. The first-order valence-electron chi connectivity index (χ1n) is 7.11. The molecule has 7 nitrogen and oxygen atoms in total. The maximum atomic E-state index is 12.2. The summed E-state index contributed by atoms with van der Waals surface area (Å²) in [6.07, 6.45) is 2.13. The molecule has 0 saturated carbocycles. The van der Waals surface area contributed by atoms with E-state index in [0.29, 0.717) is 6.54 Å². The highest BCUT2D eigenvalue weighted by atomic mass is 32.2. The topological polar surface area (TPSA) is 96.5 Å². The van der Waals surface area contributed by atoms with Gasteiger partial charge >= 0.3 is 0 Å². The van der Waals surface area contributed by atoms with Crippen LogP contribution >= 0.6 is 0 Å². The van der Waals surface area contributed by atoms with Crippen LogP contribution in [0.25, 0.3) is 0 Å². The molecule has 1 unspecified atom stereocenters. The fraction of sp³-hybridized carbons (Fsp3) is 0.500. The van der Waals surface area contributed by atoms with Crippen LogP contribution < -0.4 is 20.1 Å². The molecular formula is C14H21N3O4S. The van der Waals surface area contributed by atoms with E-state index in [1.807, 2.05) is 0 Å². The van der Waals surface area contributed by atoms with Crippen LogP contribution in [-0.4, -0.2) is 47.6 Å². The second-order valence-electron chi connectivity index (χ2n) is 5.08. The lowest BCUT2D eigenvalue weighted by Gasteiger charge is -2.13. The van der Waals surface area contributed by atoms with Gasteiger partial charge in [-0.15, -0.1) is 0 Å². The number of hydrogen-bond acceptors (Lipinski definition) is 5. The van der Waals surface area contributed by atoms with Gasteiger partial charge in [0.05, 0.1) is 7.11 Å². The number of sulfonamides is 1. The smallest absolute Gasteiger partial charge is 0.251 e. The van der Waals surface area contributed by atoms with Crippen molar-refractivity contribution in [3.63, 3.8) is 0 Å². The normalized spacial score (nSPS) is 18.2. The average Bonchev–Trinajstić information content (AvgIpc) is 3.05. The van der Waals surface area contributed by atoms with Crippen LogP contribution in [0.2, 0.25) is 0 Å². The molecule has 8 heteroatoms. The van der Waals surface area contributed by atoms with Gasteiger partial charge in [-0.25, -0.2) is 13.1 Å². The average molecular weight is 327 g/mol. The third kappa shape index (κ3) is 3.76. The standard InChI is InChI=1S/C14H21N3O4S/c1-15-22(19,20)13-8-10(5-6-12(13)21-2)14(18)17-9-11-4-3-7-16-11/h5-6,8,11,15-16H,3-4,7,9H2,1-2H3,(H,17,18). The summed E-state index contributed by atoms with van der Waals surface area (Å²) in [6, 6.07) is 4.63. The van der Waals surface area contributed by atoms with E-state index in [1.165, 1.54) is 26.3 Å². The third-order valence-corrected chi connectivity index (χ3v) is 5.09. The molecule has 1 saturated heterocycles. The number of hydrogen-bond donors (Lipinski definition) is 3. The molecular weight excluding hydrogens is 306 g/mol. The fourth-order valence-electron chi connectivity index (χ4n) is 2.39. The van der Waals surface area contributed by atoms with E-state index < -0.39 is 10.0 Å². The van der Waals surface area contributed by atoms with Gasteiger partial charge in [-0.1, -0.05) is 0 Å². The summed E-state index contributed by atoms with van der Waals surface area (Å²) in [5, 5.41) is 6.10. The van der Waals surface area contributed by atoms with Crippen molar-refractivity contribution in [3.8, 4) is 5.75 Å². The predicted octanol–water partition coefficient (Wildman–Crippen LogP) is 0.0851. The van der Waals surface area contributed by atoms with Crippen molar-refractivity contribution in [3.05, 3.63) is 23.8 Å². The molecule has 1 heterocycles. The summed E-state index contributed by atoms with van der Waals surface area (Å²) in [5.74, 6) is -0.104. The van der Waals surface area contributed by atoms with Crippen molar-refractivity contribution < 1.29 is 17.9 Å². The molecule has 1 amide bonds. The number of carbonyl (C=O) groups excluding carboxylic acids is 1. The molecule has 22 heavy (non-hydrogen) atoms. The number of methoxy groups -OCH3 is 1.